The Hall–Kier alpha value is -1.89. The summed E-state index contributed by atoms with van der Waals surface area (Å²) in [5.74, 6) is 1.27. The molecule has 7 heteroatoms. The SMILES string of the molecule is Clc1cccc(N2CCN(Cc3nc(-c4cccc(Br)c4)no3)CC2)c1. The molecule has 26 heavy (non-hydrogen) atoms. The Labute approximate surface area is 165 Å². The van der Waals surface area contributed by atoms with Crippen LogP contribution in [-0.4, -0.2) is 41.2 Å². The zero-order valence-electron chi connectivity index (χ0n) is 14.1. The predicted molar refractivity (Wildman–Crippen MR) is 106 cm³/mol. The topological polar surface area (TPSA) is 45.4 Å². The van der Waals surface area contributed by atoms with E-state index >= 15 is 0 Å². The first-order valence-corrected chi connectivity index (χ1v) is 9.66. The van der Waals surface area contributed by atoms with E-state index in [0.29, 0.717) is 18.3 Å². The normalized spacial score (nSPS) is 15.4. The quantitative estimate of drug-likeness (QED) is 0.607. The van der Waals surface area contributed by atoms with E-state index in [-0.39, 0.29) is 0 Å². The highest BCUT2D eigenvalue weighted by atomic mass is 79.9. The van der Waals surface area contributed by atoms with Crippen molar-refractivity contribution < 1.29 is 4.52 Å². The summed E-state index contributed by atoms with van der Waals surface area (Å²) in [6, 6.07) is 15.9. The van der Waals surface area contributed by atoms with Gasteiger partial charge in [-0.2, -0.15) is 4.98 Å². The molecule has 0 unspecified atom stereocenters. The number of rotatable bonds is 4. The number of piperazine rings is 1. The molecular formula is C19H18BrClN4O. The summed E-state index contributed by atoms with van der Waals surface area (Å²) in [4.78, 5) is 9.22. The third kappa shape index (κ3) is 4.09. The fourth-order valence-corrected chi connectivity index (χ4v) is 3.68. The average Bonchev–Trinajstić information content (AvgIpc) is 3.11. The van der Waals surface area contributed by atoms with Crippen LogP contribution in [0.1, 0.15) is 5.89 Å². The van der Waals surface area contributed by atoms with Crippen LogP contribution in [0.3, 0.4) is 0 Å². The molecule has 2 heterocycles. The number of benzene rings is 2. The number of hydrogen-bond acceptors (Lipinski definition) is 5. The first-order valence-electron chi connectivity index (χ1n) is 8.49. The molecule has 1 saturated heterocycles. The van der Waals surface area contributed by atoms with Crippen LogP contribution >= 0.6 is 27.5 Å². The summed E-state index contributed by atoms with van der Waals surface area (Å²) < 4.78 is 6.44. The van der Waals surface area contributed by atoms with Crippen molar-refractivity contribution in [3.63, 3.8) is 0 Å². The Morgan fingerprint density at radius 3 is 2.62 bits per heavy atom. The number of nitrogens with zero attached hydrogens (tertiary/aromatic N) is 4. The molecule has 2 aromatic carbocycles. The Morgan fingerprint density at radius 1 is 1.04 bits per heavy atom. The van der Waals surface area contributed by atoms with Crippen molar-refractivity contribution >= 4 is 33.2 Å². The number of anilines is 1. The molecule has 0 saturated carbocycles. The van der Waals surface area contributed by atoms with Crippen LogP contribution in [0.2, 0.25) is 5.02 Å². The highest BCUT2D eigenvalue weighted by molar-refractivity contribution is 9.10. The van der Waals surface area contributed by atoms with Gasteiger partial charge in [-0.25, -0.2) is 0 Å². The molecule has 0 radical (unpaired) electrons. The maximum Gasteiger partial charge on any atom is 0.241 e. The van der Waals surface area contributed by atoms with Crippen molar-refractivity contribution in [2.45, 2.75) is 6.54 Å². The van der Waals surface area contributed by atoms with E-state index in [9.17, 15) is 0 Å². The minimum atomic E-state index is 0.624. The second-order valence-corrected chi connectivity index (χ2v) is 7.62. The molecule has 1 aliphatic heterocycles. The predicted octanol–water partition coefficient (Wildman–Crippen LogP) is 4.47. The van der Waals surface area contributed by atoms with E-state index in [0.717, 1.165) is 41.2 Å². The summed E-state index contributed by atoms with van der Waals surface area (Å²) in [5, 5.41) is 4.88. The van der Waals surface area contributed by atoms with Crippen LogP contribution in [0, 0.1) is 0 Å². The van der Waals surface area contributed by atoms with Gasteiger partial charge in [0.1, 0.15) is 0 Å². The first kappa shape index (κ1) is 17.5. The van der Waals surface area contributed by atoms with E-state index in [1.807, 2.05) is 42.5 Å². The highest BCUT2D eigenvalue weighted by Crippen LogP contribution is 2.22. The molecule has 0 bridgehead atoms. The standard InChI is InChI=1S/C19H18BrClN4O/c20-15-4-1-3-14(11-15)19-22-18(26-23-19)13-24-7-9-25(10-8-24)17-6-2-5-16(21)12-17/h1-6,11-12H,7-10,13H2. The summed E-state index contributed by atoms with van der Waals surface area (Å²) in [6.45, 7) is 4.46. The molecule has 1 aliphatic rings. The third-order valence-electron chi connectivity index (χ3n) is 4.46. The molecule has 3 aromatic rings. The fraction of sp³-hybridized carbons (Fsp3) is 0.263. The molecule has 0 aliphatic carbocycles. The molecule has 5 nitrogen and oxygen atoms in total. The molecular weight excluding hydrogens is 416 g/mol. The van der Waals surface area contributed by atoms with Gasteiger partial charge in [-0.1, -0.05) is 50.9 Å². The largest absolute Gasteiger partial charge is 0.369 e. The van der Waals surface area contributed by atoms with Gasteiger partial charge in [-0.15, -0.1) is 0 Å². The number of hydrogen-bond donors (Lipinski definition) is 0. The van der Waals surface area contributed by atoms with Gasteiger partial charge in [-0.3, -0.25) is 4.90 Å². The van der Waals surface area contributed by atoms with E-state index in [2.05, 4.69) is 41.9 Å². The molecule has 0 atom stereocenters. The van der Waals surface area contributed by atoms with Gasteiger partial charge in [-0.05, 0) is 30.3 Å². The van der Waals surface area contributed by atoms with Gasteiger partial charge in [0.15, 0.2) is 0 Å². The smallest absolute Gasteiger partial charge is 0.241 e. The van der Waals surface area contributed by atoms with Crippen LogP contribution < -0.4 is 4.90 Å². The van der Waals surface area contributed by atoms with E-state index < -0.39 is 0 Å². The molecule has 0 amide bonds. The van der Waals surface area contributed by atoms with Crippen molar-refractivity contribution in [2.24, 2.45) is 0 Å². The third-order valence-corrected chi connectivity index (χ3v) is 5.18. The number of halogens is 2. The van der Waals surface area contributed by atoms with Crippen molar-refractivity contribution in [1.82, 2.24) is 15.0 Å². The zero-order valence-corrected chi connectivity index (χ0v) is 16.4. The monoisotopic (exact) mass is 432 g/mol. The molecule has 0 spiro atoms. The van der Waals surface area contributed by atoms with Crippen LogP contribution in [0.15, 0.2) is 57.5 Å². The lowest BCUT2D eigenvalue weighted by Crippen LogP contribution is -2.46. The maximum absolute atomic E-state index is 6.10. The van der Waals surface area contributed by atoms with Gasteiger partial charge in [0.05, 0.1) is 6.54 Å². The van der Waals surface area contributed by atoms with Crippen molar-refractivity contribution in [3.05, 3.63) is 63.9 Å². The Bertz CT molecular complexity index is 893. The molecule has 4 rings (SSSR count). The fourth-order valence-electron chi connectivity index (χ4n) is 3.09. The second-order valence-electron chi connectivity index (χ2n) is 6.27. The maximum atomic E-state index is 6.10. The summed E-state index contributed by atoms with van der Waals surface area (Å²) in [6.07, 6.45) is 0. The van der Waals surface area contributed by atoms with Gasteiger partial charge >= 0.3 is 0 Å². The van der Waals surface area contributed by atoms with Crippen molar-refractivity contribution in [2.75, 3.05) is 31.1 Å². The van der Waals surface area contributed by atoms with Gasteiger partial charge < -0.3 is 9.42 Å². The first-order chi connectivity index (χ1) is 12.7. The lowest BCUT2D eigenvalue weighted by atomic mass is 10.2. The van der Waals surface area contributed by atoms with Crippen LogP contribution in [0.25, 0.3) is 11.4 Å². The Kier molecular flexibility index (Phi) is 5.24. The van der Waals surface area contributed by atoms with Crippen LogP contribution in [-0.2, 0) is 6.54 Å². The minimum absolute atomic E-state index is 0.624. The van der Waals surface area contributed by atoms with Crippen molar-refractivity contribution in [1.29, 1.82) is 0 Å². The van der Waals surface area contributed by atoms with E-state index in [1.54, 1.807) is 0 Å². The van der Waals surface area contributed by atoms with Gasteiger partial charge in [0.2, 0.25) is 11.7 Å². The van der Waals surface area contributed by atoms with E-state index in [1.165, 1.54) is 5.69 Å². The minimum Gasteiger partial charge on any atom is -0.369 e. The Morgan fingerprint density at radius 2 is 1.85 bits per heavy atom. The average molecular weight is 434 g/mol. The lowest BCUT2D eigenvalue weighted by Gasteiger charge is -2.35. The zero-order chi connectivity index (χ0) is 17.9. The molecule has 134 valence electrons. The highest BCUT2D eigenvalue weighted by Gasteiger charge is 2.20. The summed E-state index contributed by atoms with van der Waals surface area (Å²) in [5.41, 5.74) is 2.12. The van der Waals surface area contributed by atoms with Gasteiger partial charge in [0, 0.05) is 46.9 Å². The van der Waals surface area contributed by atoms with Crippen LogP contribution in [0.5, 0.6) is 0 Å². The molecule has 1 aromatic heterocycles. The summed E-state index contributed by atoms with van der Waals surface area (Å²) >= 11 is 9.56. The molecule has 1 fully saturated rings. The van der Waals surface area contributed by atoms with Crippen molar-refractivity contribution in [3.8, 4) is 11.4 Å². The lowest BCUT2D eigenvalue weighted by molar-refractivity contribution is 0.215. The van der Waals surface area contributed by atoms with Crippen LogP contribution in [0.4, 0.5) is 5.69 Å². The summed E-state index contributed by atoms with van der Waals surface area (Å²) in [7, 11) is 0. The number of aromatic nitrogens is 2. The molecule has 0 N–H and O–H groups in total. The second kappa shape index (κ2) is 7.78. The Balaban J connectivity index is 1.36. The van der Waals surface area contributed by atoms with Gasteiger partial charge in [0.25, 0.3) is 0 Å². The van der Waals surface area contributed by atoms with E-state index in [4.69, 9.17) is 16.1 Å².